The Labute approximate surface area is 113 Å². The monoisotopic (exact) mass is 256 g/mol. The summed E-state index contributed by atoms with van der Waals surface area (Å²) < 4.78 is 0. The first kappa shape index (κ1) is 12.4. The van der Waals surface area contributed by atoms with Gasteiger partial charge >= 0.3 is 0 Å². The molecule has 1 aliphatic heterocycles. The van der Waals surface area contributed by atoms with Crippen LogP contribution in [0.5, 0.6) is 0 Å². The van der Waals surface area contributed by atoms with Crippen molar-refractivity contribution in [1.29, 1.82) is 0 Å². The van der Waals surface area contributed by atoms with E-state index in [1.54, 1.807) is 0 Å². The number of hydrogen-bond acceptors (Lipinski definition) is 3. The van der Waals surface area contributed by atoms with E-state index in [9.17, 15) is 0 Å². The van der Waals surface area contributed by atoms with Crippen LogP contribution in [0.15, 0.2) is 24.5 Å². The van der Waals surface area contributed by atoms with Crippen LogP contribution in [0.4, 0.5) is 0 Å². The number of hydrogen-bond donors (Lipinski definition) is 1. The minimum atomic E-state index is 0.938. The minimum absolute atomic E-state index is 0.938. The quantitative estimate of drug-likeness (QED) is 0.913. The second-order valence-electron chi connectivity index (χ2n) is 5.16. The van der Waals surface area contributed by atoms with Gasteiger partial charge in [-0.3, -0.25) is 4.90 Å². The van der Waals surface area contributed by atoms with Crippen molar-refractivity contribution in [3.05, 3.63) is 47.3 Å². The molecule has 0 atom stereocenters. The van der Waals surface area contributed by atoms with Crippen molar-refractivity contribution in [1.82, 2.24) is 19.9 Å². The molecule has 19 heavy (non-hydrogen) atoms. The maximum absolute atomic E-state index is 4.72. The average molecular weight is 256 g/mol. The van der Waals surface area contributed by atoms with Gasteiger partial charge in [0.05, 0.1) is 5.69 Å². The predicted molar refractivity (Wildman–Crippen MR) is 74.6 cm³/mol. The SMILES string of the molecule is CCCc1ncc2c(n1)CN(Cc1ccc[nH]1)CC2. The van der Waals surface area contributed by atoms with Gasteiger partial charge in [-0.15, -0.1) is 0 Å². The van der Waals surface area contributed by atoms with Crippen molar-refractivity contribution in [2.45, 2.75) is 39.3 Å². The molecule has 4 nitrogen and oxygen atoms in total. The molecule has 2 aromatic heterocycles. The lowest BCUT2D eigenvalue weighted by atomic mass is 10.1. The Morgan fingerprint density at radius 1 is 1.42 bits per heavy atom. The Kier molecular flexibility index (Phi) is 3.60. The molecule has 3 rings (SSSR count). The van der Waals surface area contributed by atoms with Crippen LogP contribution < -0.4 is 0 Å². The van der Waals surface area contributed by atoms with E-state index >= 15 is 0 Å². The summed E-state index contributed by atoms with van der Waals surface area (Å²) in [4.78, 5) is 14.9. The van der Waals surface area contributed by atoms with Crippen LogP contribution in [0.3, 0.4) is 0 Å². The first-order chi connectivity index (χ1) is 9.35. The highest BCUT2D eigenvalue weighted by molar-refractivity contribution is 5.21. The Morgan fingerprint density at radius 2 is 2.37 bits per heavy atom. The van der Waals surface area contributed by atoms with Gasteiger partial charge in [0.2, 0.25) is 0 Å². The van der Waals surface area contributed by atoms with Crippen molar-refractivity contribution in [2.75, 3.05) is 6.54 Å². The van der Waals surface area contributed by atoms with Crippen molar-refractivity contribution >= 4 is 0 Å². The zero-order chi connectivity index (χ0) is 13.1. The fourth-order valence-corrected chi connectivity index (χ4v) is 2.58. The van der Waals surface area contributed by atoms with E-state index in [0.29, 0.717) is 0 Å². The molecule has 2 aromatic rings. The summed E-state index contributed by atoms with van der Waals surface area (Å²) in [5.74, 6) is 0.989. The minimum Gasteiger partial charge on any atom is -0.364 e. The Balaban J connectivity index is 1.72. The molecule has 3 heterocycles. The average Bonchev–Trinajstić information content (AvgIpc) is 2.92. The number of aromatic nitrogens is 3. The molecule has 100 valence electrons. The highest BCUT2D eigenvalue weighted by Crippen LogP contribution is 2.18. The van der Waals surface area contributed by atoms with E-state index in [4.69, 9.17) is 4.98 Å². The van der Waals surface area contributed by atoms with E-state index in [1.807, 2.05) is 12.4 Å². The highest BCUT2D eigenvalue weighted by Gasteiger charge is 2.18. The Hall–Kier alpha value is -1.68. The number of H-pyrrole nitrogens is 1. The number of rotatable bonds is 4. The first-order valence-electron chi connectivity index (χ1n) is 7.03. The molecule has 1 N–H and O–H groups in total. The summed E-state index contributed by atoms with van der Waals surface area (Å²) in [6.07, 6.45) is 7.14. The summed E-state index contributed by atoms with van der Waals surface area (Å²) in [6.45, 7) is 5.16. The second-order valence-corrected chi connectivity index (χ2v) is 5.16. The lowest BCUT2D eigenvalue weighted by molar-refractivity contribution is 0.238. The van der Waals surface area contributed by atoms with Gasteiger partial charge in [0.25, 0.3) is 0 Å². The number of fused-ring (bicyclic) bond motifs is 1. The fourth-order valence-electron chi connectivity index (χ4n) is 2.58. The van der Waals surface area contributed by atoms with Gasteiger partial charge in [0.1, 0.15) is 5.82 Å². The Morgan fingerprint density at radius 3 is 3.16 bits per heavy atom. The normalized spacial score (nSPS) is 15.4. The molecule has 0 bridgehead atoms. The summed E-state index contributed by atoms with van der Waals surface area (Å²) >= 11 is 0. The molecule has 0 saturated heterocycles. The molecule has 0 aliphatic carbocycles. The topological polar surface area (TPSA) is 44.8 Å². The van der Waals surface area contributed by atoms with Gasteiger partial charge in [0, 0.05) is 44.1 Å². The van der Waals surface area contributed by atoms with Gasteiger partial charge in [0.15, 0.2) is 0 Å². The van der Waals surface area contributed by atoms with Gasteiger partial charge < -0.3 is 4.98 Å². The van der Waals surface area contributed by atoms with Crippen molar-refractivity contribution in [2.24, 2.45) is 0 Å². The van der Waals surface area contributed by atoms with Crippen LogP contribution in [0.25, 0.3) is 0 Å². The van der Waals surface area contributed by atoms with Gasteiger partial charge in [-0.1, -0.05) is 6.92 Å². The van der Waals surface area contributed by atoms with Gasteiger partial charge in [-0.05, 0) is 30.5 Å². The largest absolute Gasteiger partial charge is 0.364 e. The first-order valence-corrected chi connectivity index (χ1v) is 7.03. The third kappa shape index (κ3) is 2.84. The van der Waals surface area contributed by atoms with Gasteiger partial charge in [-0.2, -0.15) is 0 Å². The fraction of sp³-hybridized carbons (Fsp3) is 0.467. The van der Waals surface area contributed by atoms with Gasteiger partial charge in [-0.25, -0.2) is 9.97 Å². The van der Waals surface area contributed by atoms with Crippen LogP contribution in [0.2, 0.25) is 0 Å². The predicted octanol–water partition coefficient (Wildman–Crippen LogP) is 2.32. The standard InChI is InChI=1S/C15H20N4/c1-2-4-15-17-9-12-6-8-19(11-14(12)18-15)10-13-5-3-7-16-13/h3,5,7,9,16H,2,4,6,8,10-11H2,1H3. The van der Waals surface area contributed by atoms with Crippen LogP contribution in [0, 0.1) is 0 Å². The molecular weight excluding hydrogens is 236 g/mol. The molecule has 1 aliphatic rings. The zero-order valence-electron chi connectivity index (χ0n) is 11.4. The molecular formula is C15H20N4. The molecule has 0 spiro atoms. The zero-order valence-corrected chi connectivity index (χ0v) is 11.4. The van der Waals surface area contributed by atoms with Crippen molar-refractivity contribution < 1.29 is 0 Å². The van der Waals surface area contributed by atoms with E-state index in [1.165, 1.54) is 17.0 Å². The smallest absolute Gasteiger partial charge is 0.128 e. The van der Waals surface area contributed by atoms with E-state index in [0.717, 1.165) is 44.7 Å². The lowest BCUT2D eigenvalue weighted by Crippen LogP contribution is -2.31. The molecule has 0 aromatic carbocycles. The maximum Gasteiger partial charge on any atom is 0.128 e. The number of aromatic amines is 1. The van der Waals surface area contributed by atoms with Crippen LogP contribution in [0.1, 0.15) is 36.1 Å². The summed E-state index contributed by atoms with van der Waals surface area (Å²) in [6, 6.07) is 4.19. The third-order valence-corrected chi connectivity index (χ3v) is 3.60. The molecule has 0 unspecified atom stereocenters. The summed E-state index contributed by atoms with van der Waals surface area (Å²) in [7, 11) is 0. The molecule has 0 amide bonds. The van der Waals surface area contributed by atoms with Crippen LogP contribution in [-0.4, -0.2) is 26.4 Å². The molecule has 0 radical (unpaired) electrons. The second kappa shape index (κ2) is 5.53. The Bertz CT molecular complexity index is 533. The summed E-state index contributed by atoms with van der Waals surface area (Å²) in [5, 5.41) is 0. The van der Waals surface area contributed by atoms with E-state index in [-0.39, 0.29) is 0 Å². The van der Waals surface area contributed by atoms with E-state index < -0.39 is 0 Å². The molecule has 0 saturated carbocycles. The highest BCUT2D eigenvalue weighted by atomic mass is 15.1. The number of nitrogens with one attached hydrogen (secondary N) is 1. The maximum atomic E-state index is 4.72. The van der Waals surface area contributed by atoms with Crippen molar-refractivity contribution in [3.8, 4) is 0 Å². The van der Waals surface area contributed by atoms with Crippen molar-refractivity contribution in [3.63, 3.8) is 0 Å². The molecule has 0 fully saturated rings. The lowest BCUT2D eigenvalue weighted by Gasteiger charge is -2.27. The number of nitrogens with zero attached hydrogens (tertiary/aromatic N) is 3. The summed E-state index contributed by atoms with van der Waals surface area (Å²) in [5.41, 5.74) is 3.81. The number of aryl methyl sites for hydroxylation is 1. The molecule has 4 heteroatoms. The van der Waals surface area contributed by atoms with E-state index in [2.05, 4.69) is 33.9 Å². The van der Waals surface area contributed by atoms with Crippen LogP contribution in [-0.2, 0) is 25.9 Å². The van der Waals surface area contributed by atoms with Crippen LogP contribution >= 0.6 is 0 Å². The third-order valence-electron chi connectivity index (χ3n) is 3.60.